The summed E-state index contributed by atoms with van der Waals surface area (Å²) in [6.45, 7) is -0.447. The highest BCUT2D eigenvalue weighted by Gasteiger charge is 2.28. The maximum atomic E-state index is 12.4. The summed E-state index contributed by atoms with van der Waals surface area (Å²) in [4.78, 5) is 13.8. The first-order chi connectivity index (χ1) is 11.2. The number of nitrogens with zero attached hydrogens (tertiary/aromatic N) is 1. The van der Waals surface area contributed by atoms with E-state index in [1.165, 1.54) is 17.0 Å². The number of carbonyl (C=O) groups excluding carboxylic acids is 1. The van der Waals surface area contributed by atoms with E-state index in [-0.39, 0.29) is 23.2 Å². The fourth-order valence-electron chi connectivity index (χ4n) is 2.52. The van der Waals surface area contributed by atoms with Gasteiger partial charge in [-0.2, -0.15) is 13.2 Å². The molecule has 0 bridgehead atoms. The van der Waals surface area contributed by atoms with E-state index in [4.69, 9.17) is 4.74 Å². The number of hydrogen-bond acceptors (Lipinski definition) is 4. The summed E-state index contributed by atoms with van der Waals surface area (Å²) in [5.74, 6) is -0.963. The average molecular weight is 347 g/mol. The van der Waals surface area contributed by atoms with Crippen molar-refractivity contribution in [1.82, 2.24) is 4.90 Å². The molecule has 1 amide bonds. The van der Waals surface area contributed by atoms with E-state index in [1.807, 2.05) is 0 Å². The van der Waals surface area contributed by atoms with Gasteiger partial charge in [0.25, 0.3) is 5.91 Å². The number of hydrogen-bond donors (Lipinski definition) is 1. The van der Waals surface area contributed by atoms with E-state index in [0.29, 0.717) is 13.2 Å². The van der Waals surface area contributed by atoms with Crippen LogP contribution >= 0.6 is 0 Å². The Hall–Kier alpha value is -1.96. The third-order valence-corrected chi connectivity index (χ3v) is 3.64. The molecule has 1 saturated heterocycles. The molecule has 8 heteroatoms. The fourth-order valence-corrected chi connectivity index (χ4v) is 2.52. The Kier molecular flexibility index (Phi) is 5.93. The zero-order chi connectivity index (χ0) is 17.7. The molecule has 0 aromatic heterocycles. The lowest BCUT2D eigenvalue weighted by molar-refractivity contribution is -0.153. The number of rotatable bonds is 5. The highest BCUT2D eigenvalue weighted by atomic mass is 19.4. The number of phenols is 1. The first-order valence-electron chi connectivity index (χ1n) is 7.65. The number of likely N-dealkylation sites (N-methyl/N-ethyl adjacent to an activating group) is 1. The second-order valence-electron chi connectivity index (χ2n) is 5.79. The lowest BCUT2D eigenvalue weighted by Crippen LogP contribution is -2.37. The molecule has 1 aromatic rings. The highest BCUT2D eigenvalue weighted by molar-refractivity contribution is 5.95. The number of ether oxygens (including phenoxy) is 2. The van der Waals surface area contributed by atoms with Crippen LogP contribution in [0.4, 0.5) is 13.2 Å². The molecular formula is C16H20F3NO4. The summed E-state index contributed by atoms with van der Waals surface area (Å²) in [6, 6.07) is 3.42. The van der Waals surface area contributed by atoms with Crippen LogP contribution in [0, 0.1) is 0 Å². The molecule has 0 spiro atoms. The standard InChI is InChI=1S/C16H20F3NO4/c1-20(9-13-4-2-3-5-23-13)15(22)11-6-12(21)8-14(7-11)24-10-16(17,18)19/h6-8,13,21H,2-5,9-10H2,1H3. The lowest BCUT2D eigenvalue weighted by atomic mass is 10.1. The Balaban J connectivity index is 2.03. The largest absolute Gasteiger partial charge is 0.508 e. The van der Waals surface area contributed by atoms with E-state index in [1.54, 1.807) is 7.05 Å². The number of benzene rings is 1. The molecule has 0 aliphatic carbocycles. The van der Waals surface area contributed by atoms with Gasteiger partial charge in [-0.1, -0.05) is 0 Å². The van der Waals surface area contributed by atoms with Crippen LogP contribution in [0.5, 0.6) is 11.5 Å². The first-order valence-corrected chi connectivity index (χ1v) is 7.65. The van der Waals surface area contributed by atoms with Crippen LogP contribution in [-0.4, -0.2) is 55.0 Å². The number of carbonyl (C=O) groups is 1. The van der Waals surface area contributed by atoms with Gasteiger partial charge < -0.3 is 19.5 Å². The highest BCUT2D eigenvalue weighted by Crippen LogP contribution is 2.25. The third-order valence-electron chi connectivity index (χ3n) is 3.64. The molecule has 1 heterocycles. The number of halogens is 3. The smallest absolute Gasteiger partial charge is 0.422 e. The minimum Gasteiger partial charge on any atom is -0.508 e. The van der Waals surface area contributed by atoms with Gasteiger partial charge in [-0.05, 0) is 31.4 Å². The second kappa shape index (κ2) is 7.74. The summed E-state index contributed by atoms with van der Waals surface area (Å²) in [5, 5.41) is 9.62. The van der Waals surface area contributed by atoms with Crippen LogP contribution in [0.25, 0.3) is 0 Å². The Labute approximate surface area is 138 Å². The number of aromatic hydroxyl groups is 1. The minimum absolute atomic E-state index is 0.0500. The average Bonchev–Trinajstić information content (AvgIpc) is 2.52. The summed E-state index contributed by atoms with van der Waals surface area (Å²) < 4.78 is 46.8. The molecular weight excluding hydrogens is 327 g/mol. The van der Waals surface area contributed by atoms with Gasteiger partial charge in [-0.3, -0.25) is 4.79 Å². The third kappa shape index (κ3) is 5.59. The van der Waals surface area contributed by atoms with Crippen molar-refractivity contribution in [1.29, 1.82) is 0 Å². The van der Waals surface area contributed by atoms with Crippen molar-refractivity contribution < 1.29 is 32.5 Å². The summed E-state index contributed by atoms with van der Waals surface area (Å²) in [6.07, 6.45) is -1.65. The molecule has 134 valence electrons. The van der Waals surface area contributed by atoms with Gasteiger partial charge in [0.1, 0.15) is 11.5 Å². The molecule has 1 aliphatic rings. The predicted octanol–water partition coefficient (Wildman–Crippen LogP) is 2.97. The van der Waals surface area contributed by atoms with Gasteiger partial charge >= 0.3 is 6.18 Å². The minimum atomic E-state index is -4.50. The van der Waals surface area contributed by atoms with Gasteiger partial charge in [-0.15, -0.1) is 0 Å². The molecule has 1 fully saturated rings. The summed E-state index contributed by atoms with van der Waals surface area (Å²) in [7, 11) is 1.58. The van der Waals surface area contributed by atoms with Crippen LogP contribution < -0.4 is 4.74 Å². The molecule has 0 radical (unpaired) electrons. The van der Waals surface area contributed by atoms with E-state index < -0.39 is 18.7 Å². The maximum absolute atomic E-state index is 12.4. The molecule has 1 N–H and O–H groups in total. The molecule has 1 aliphatic heterocycles. The zero-order valence-corrected chi connectivity index (χ0v) is 13.3. The van der Waals surface area contributed by atoms with E-state index >= 15 is 0 Å². The SMILES string of the molecule is CN(CC1CCCCO1)C(=O)c1cc(O)cc(OCC(F)(F)F)c1. The van der Waals surface area contributed by atoms with Gasteiger partial charge in [0.05, 0.1) is 6.10 Å². The van der Waals surface area contributed by atoms with Crippen molar-refractivity contribution in [2.45, 2.75) is 31.5 Å². The van der Waals surface area contributed by atoms with Crippen LogP contribution in [0.3, 0.4) is 0 Å². The Morgan fingerprint density at radius 3 is 2.75 bits per heavy atom. The van der Waals surface area contributed by atoms with Crippen LogP contribution in [0.15, 0.2) is 18.2 Å². The van der Waals surface area contributed by atoms with Crippen molar-refractivity contribution >= 4 is 5.91 Å². The molecule has 1 atom stereocenters. The predicted molar refractivity (Wildman–Crippen MR) is 80.2 cm³/mol. The Morgan fingerprint density at radius 2 is 2.12 bits per heavy atom. The maximum Gasteiger partial charge on any atom is 0.422 e. The van der Waals surface area contributed by atoms with Crippen LogP contribution in [0.1, 0.15) is 29.6 Å². The topological polar surface area (TPSA) is 59.0 Å². The fraction of sp³-hybridized carbons (Fsp3) is 0.562. The van der Waals surface area contributed by atoms with Crippen molar-refractivity contribution in [3.05, 3.63) is 23.8 Å². The van der Waals surface area contributed by atoms with Crippen LogP contribution in [-0.2, 0) is 4.74 Å². The van der Waals surface area contributed by atoms with Gasteiger partial charge in [-0.25, -0.2) is 0 Å². The summed E-state index contributed by atoms with van der Waals surface area (Å²) >= 11 is 0. The second-order valence-corrected chi connectivity index (χ2v) is 5.79. The molecule has 1 unspecified atom stereocenters. The number of phenolic OH excluding ortho intramolecular Hbond substituents is 1. The van der Waals surface area contributed by atoms with Crippen molar-refractivity contribution in [2.75, 3.05) is 26.8 Å². The van der Waals surface area contributed by atoms with Gasteiger partial charge in [0.15, 0.2) is 6.61 Å². The molecule has 5 nitrogen and oxygen atoms in total. The van der Waals surface area contributed by atoms with Gasteiger partial charge in [0, 0.05) is 31.8 Å². The molecule has 1 aromatic carbocycles. The van der Waals surface area contributed by atoms with Gasteiger partial charge in [0.2, 0.25) is 0 Å². The molecule has 0 saturated carbocycles. The lowest BCUT2D eigenvalue weighted by Gasteiger charge is -2.27. The summed E-state index contributed by atoms with van der Waals surface area (Å²) in [5.41, 5.74) is 0.0606. The Morgan fingerprint density at radius 1 is 1.38 bits per heavy atom. The van der Waals surface area contributed by atoms with E-state index in [2.05, 4.69) is 4.74 Å². The number of amides is 1. The number of alkyl halides is 3. The molecule has 24 heavy (non-hydrogen) atoms. The van der Waals surface area contributed by atoms with Crippen molar-refractivity contribution in [3.8, 4) is 11.5 Å². The monoisotopic (exact) mass is 347 g/mol. The normalized spacial score (nSPS) is 18.2. The zero-order valence-electron chi connectivity index (χ0n) is 13.3. The van der Waals surface area contributed by atoms with Crippen molar-refractivity contribution in [3.63, 3.8) is 0 Å². The quantitative estimate of drug-likeness (QED) is 0.890. The molecule has 2 rings (SSSR count). The Bertz CT molecular complexity index is 571. The first kappa shape index (κ1) is 18.4. The van der Waals surface area contributed by atoms with E-state index in [9.17, 15) is 23.1 Å². The van der Waals surface area contributed by atoms with E-state index in [0.717, 1.165) is 25.3 Å². The van der Waals surface area contributed by atoms with Crippen molar-refractivity contribution in [2.24, 2.45) is 0 Å². The van der Waals surface area contributed by atoms with Crippen LogP contribution in [0.2, 0.25) is 0 Å².